The first-order chi connectivity index (χ1) is 19.5. The van der Waals surface area contributed by atoms with Crippen molar-refractivity contribution in [3.8, 4) is 28.0 Å². The van der Waals surface area contributed by atoms with Gasteiger partial charge in [0, 0.05) is 17.5 Å². The Hall–Kier alpha value is -5.16. The van der Waals surface area contributed by atoms with Gasteiger partial charge < -0.3 is 15.1 Å². The lowest BCUT2D eigenvalue weighted by molar-refractivity contribution is -0.142. The maximum atomic E-state index is 13.9. The molecule has 5 heteroatoms. The van der Waals surface area contributed by atoms with Crippen molar-refractivity contribution in [1.29, 1.82) is 0 Å². The molecular formula is C35H29NO4. The molecule has 0 radical (unpaired) electrons. The third-order valence-electron chi connectivity index (χ3n) is 6.98. The van der Waals surface area contributed by atoms with E-state index in [-0.39, 0.29) is 18.7 Å². The van der Waals surface area contributed by atoms with Crippen LogP contribution in [0.15, 0.2) is 133 Å². The number of aliphatic carboxylic acids is 1. The number of benzene rings is 5. The number of rotatable bonds is 9. The Morgan fingerprint density at radius 1 is 0.600 bits per heavy atom. The monoisotopic (exact) mass is 527 g/mol. The Kier molecular flexibility index (Phi) is 8.02. The van der Waals surface area contributed by atoms with Crippen molar-refractivity contribution in [2.45, 2.75) is 19.0 Å². The number of carboxylic acid groups (broad SMARTS) is 1. The molecule has 5 aromatic carbocycles. The highest BCUT2D eigenvalue weighted by molar-refractivity contribution is 5.97. The van der Waals surface area contributed by atoms with E-state index in [2.05, 4.69) is 0 Å². The van der Waals surface area contributed by atoms with E-state index in [0.29, 0.717) is 11.1 Å². The Labute approximate surface area is 233 Å². The molecule has 0 aromatic heterocycles. The van der Waals surface area contributed by atoms with Crippen LogP contribution in [0.2, 0.25) is 0 Å². The number of phenols is 1. The number of hydrogen-bond acceptors (Lipinski definition) is 3. The van der Waals surface area contributed by atoms with Crippen molar-refractivity contribution < 1.29 is 19.8 Å². The first kappa shape index (κ1) is 26.4. The highest BCUT2D eigenvalue weighted by Gasteiger charge is 2.31. The molecule has 198 valence electrons. The molecule has 0 aliphatic heterocycles. The molecule has 1 amide bonds. The molecule has 0 unspecified atom stereocenters. The van der Waals surface area contributed by atoms with Crippen molar-refractivity contribution in [2.24, 2.45) is 0 Å². The molecular weight excluding hydrogens is 498 g/mol. The van der Waals surface area contributed by atoms with E-state index in [9.17, 15) is 19.8 Å². The van der Waals surface area contributed by atoms with Crippen LogP contribution in [0.4, 0.5) is 0 Å². The van der Waals surface area contributed by atoms with Gasteiger partial charge in [-0.25, -0.2) is 4.79 Å². The quantitative estimate of drug-likeness (QED) is 0.215. The maximum absolute atomic E-state index is 13.9. The molecule has 5 rings (SSSR count). The number of para-hydroxylation sites is 1. The SMILES string of the molecule is O=C(O)[C@H](Cc1ccc(-c2ccccc2)cc1)N(Cc1ccccc1O)C(=O)c1ccc(-c2ccccc2)cc1. The highest BCUT2D eigenvalue weighted by Crippen LogP contribution is 2.25. The summed E-state index contributed by atoms with van der Waals surface area (Å²) in [5, 5.41) is 20.8. The molecule has 0 spiro atoms. The number of nitrogens with zero attached hydrogens (tertiary/aromatic N) is 1. The number of carbonyl (C=O) groups is 2. The summed E-state index contributed by atoms with van der Waals surface area (Å²) in [6, 6.07) is 40.2. The predicted molar refractivity (Wildman–Crippen MR) is 157 cm³/mol. The minimum Gasteiger partial charge on any atom is -0.508 e. The Balaban J connectivity index is 1.45. The van der Waals surface area contributed by atoms with Gasteiger partial charge in [-0.05, 0) is 46.0 Å². The van der Waals surface area contributed by atoms with Gasteiger partial charge in [0.05, 0.1) is 6.54 Å². The summed E-state index contributed by atoms with van der Waals surface area (Å²) in [5.41, 5.74) is 5.72. The lowest BCUT2D eigenvalue weighted by atomic mass is 9.98. The average molecular weight is 528 g/mol. The summed E-state index contributed by atoms with van der Waals surface area (Å²) in [5.74, 6) is -1.52. The summed E-state index contributed by atoms with van der Waals surface area (Å²) in [6.07, 6.45) is 0.117. The van der Waals surface area contributed by atoms with Gasteiger partial charge in [0.25, 0.3) is 5.91 Å². The fraction of sp³-hybridized carbons (Fsp3) is 0.0857. The third kappa shape index (κ3) is 6.11. The Bertz CT molecular complexity index is 1580. The van der Waals surface area contributed by atoms with Gasteiger partial charge in [-0.15, -0.1) is 0 Å². The smallest absolute Gasteiger partial charge is 0.326 e. The zero-order valence-electron chi connectivity index (χ0n) is 21.9. The van der Waals surface area contributed by atoms with Gasteiger partial charge in [-0.2, -0.15) is 0 Å². The van der Waals surface area contributed by atoms with E-state index in [1.54, 1.807) is 30.3 Å². The largest absolute Gasteiger partial charge is 0.508 e. The van der Waals surface area contributed by atoms with Crippen LogP contribution in [0, 0.1) is 0 Å². The second-order valence-electron chi connectivity index (χ2n) is 9.63. The van der Waals surface area contributed by atoms with Crippen molar-refractivity contribution >= 4 is 11.9 Å². The molecule has 0 aliphatic rings. The molecule has 1 atom stereocenters. The Morgan fingerprint density at radius 3 is 1.60 bits per heavy atom. The van der Waals surface area contributed by atoms with Crippen molar-refractivity contribution in [1.82, 2.24) is 4.90 Å². The third-order valence-corrected chi connectivity index (χ3v) is 6.98. The lowest BCUT2D eigenvalue weighted by Crippen LogP contribution is -2.46. The van der Waals surface area contributed by atoms with E-state index >= 15 is 0 Å². The first-order valence-electron chi connectivity index (χ1n) is 13.1. The molecule has 0 aliphatic carbocycles. The maximum Gasteiger partial charge on any atom is 0.326 e. The number of amides is 1. The van der Waals surface area contributed by atoms with E-state index in [1.807, 2.05) is 97.1 Å². The van der Waals surface area contributed by atoms with Crippen molar-refractivity contribution in [3.63, 3.8) is 0 Å². The van der Waals surface area contributed by atoms with Gasteiger partial charge in [-0.3, -0.25) is 4.79 Å². The summed E-state index contributed by atoms with van der Waals surface area (Å²) in [4.78, 5) is 27.8. The summed E-state index contributed by atoms with van der Waals surface area (Å²) in [7, 11) is 0. The van der Waals surface area contributed by atoms with Crippen molar-refractivity contribution in [2.75, 3.05) is 0 Å². The predicted octanol–water partition coefficient (Wildman–Crippen LogP) is 7.06. The van der Waals surface area contributed by atoms with Crippen LogP contribution in [-0.4, -0.2) is 33.0 Å². The fourth-order valence-corrected chi connectivity index (χ4v) is 4.77. The molecule has 0 saturated carbocycles. The molecule has 2 N–H and O–H groups in total. The van der Waals surface area contributed by atoms with Gasteiger partial charge in [0.2, 0.25) is 0 Å². The number of phenolic OH excluding ortho intramolecular Hbond substituents is 1. The molecule has 40 heavy (non-hydrogen) atoms. The number of hydrogen-bond donors (Lipinski definition) is 2. The van der Waals surface area contributed by atoms with Gasteiger partial charge in [0.1, 0.15) is 11.8 Å². The van der Waals surface area contributed by atoms with Crippen LogP contribution in [0.3, 0.4) is 0 Å². The standard InChI is InChI=1S/C35H29NO4/c37-33-14-8-7-13-31(33)24-36(34(38)30-21-19-29(20-22-30)27-11-5-2-6-12-27)32(35(39)40)23-25-15-17-28(18-16-25)26-9-3-1-4-10-26/h1-22,32,37H,23-24H2,(H,39,40)/t32-/m0/s1. The Morgan fingerprint density at radius 2 is 1.07 bits per heavy atom. The molecule has 0 fully saturated rings. The lowest BCUT2D eigenvalue weighted by Gasteiger charge is -2.30. The van der Waals surface area contributed by atoms with Crippen LogP contribution >= 0.6 is 0 Å². The van der Waals surface area contributed by atoms with E-state index < -0.39 is 17.9 Å². The zero-order valence-corrected chi connectivity index (χ0v) is 21.9. The average Bonchev–Trinajstić information content (AvgIpc) is 3.00. The van der Waals surface area contributed by atoms with Crippen LogP contribution < -0.4 is 0 Å². The van der Waals surface area contributed by atoms with E-state index in [0.717, 1.165) is 27.8 Å². The van der Waals surface area contributed by atoms with E-state index in [1.165, 1.54) is 11.0 Å². The minimum absolute atomic E-state index is 0.0103. The molecule has 0 heterocycles. The van der Waals surface area contributed by atoms with Crippen LogP contribution in [0.5, 0.6) is 5.75 Å². The molecule has 5 nitrogen and oxygen atoms in total. The topological polar surface area (TPSA) is 77.8 Å². The van der Waals surface area contributed by atoms with Crippen molar-refractivity contribution in [3.05, 3.63) is 150 Å². The summed E-state index contributed by atoms with van der Waals surface area (Å²) in [6.45, 7) is -0.0506. The minimum atomic E-state index is -1.15. The van der Waals surface area contributed by atoms with Gasteiger partial charge in [0.15, 0.2) is 0 Å². The molecule has 5 aromatic rings. The molecule has 0 bridgehead atoms. The number of carbonyl (C=O) groups excluding carboxylic acids is 1. The summed E-state index contributed by atoms with van der Waals surface area (Å²) < 4.78 is 0. The summed E-state index contributed by atoms with van der Waals surface area (Å²) >= 11 is 0. The number of carboxylic acids is 1. The number of aromatic hydroxyl groups is 1. The second kappa shape index (κ2) is 12.1. The second-order valence-corrected chi connectivity index (χ2v) is 9.63. The highest BCUT2D eigenvalue weighted by atomic mass is 16.4. The van der Waals surface area contributed by atoms with Crippen LogP contribution in [-0.2, 0) is 17.8 Å². The molecule has 0 saturated heterocycles. The fourth-order valence-electron chi connectivity index (χ4n) is 4.77. The van der Waals surface area contributed by atoms with Crippen LogP contribution in [0.25, 0.3) is 22.3 Å². The van der Waals surface area contributed by atoms with E-state index in [4.69, 9.17) is 0 Å². The normalized spacial score (nSPS) is 11.5. The van der Waals surface area contributed by atoms with Crippen LogP contribution in [0.1, 0.15) is 21.5 Å². The van der Waals surface area contributed by atoms with Gasteiger partial charge in [-0.1, -0.05) is 115 Å². The first-order valence-corrected chi connectivity index (χ1v) is 13.1. The van der Waals surface area contributed by atoms with Gasteiger partial charge >= 0.3 is 5.97 Å². The zero-order chi connectivity index (χ0) is 27.9.